The molecule has 1 aliphatic rings. The molecule has 1 N–H and O–H groups in total. The van der Waals surface area contributed by atoms with Crippen molar-refractivity contribution in [3.05, 3.63) is 65.2 Å². The minimum absolute atomic E-state index is 0.0265. The van der Waals surface area contributed by atoms with E-state index >= 15 is 0 Å². The van der Waals surface area contributed by atoms with Gasteiger partial charge in [-0.3, -0.25) is 9.69 Å². The van der Waals surface area contributed by atoms with Crippen LogP contribution in [0.25, 0.3) is 0 Å². The summed E-state index contributed by atoms with van der Waals surface area (Å²) >= 11 is 0. The molecule has 3 rings (SSSR count). The molecular formula is C24H32N2O3. The van der Waals surface area contributed by atoms with E-state index in [0.717, 1.165) is 50.6 Å². The fourth-order valence-corrected chi connectivity index (χ4v) is 3.61. The van der Waals surface area contributed by atoms with Gasteiger partial charge < -0.3 is 14.8 Å². The number of carbonyl (C=O) groups is 1. The van der Waals surface area contributed by atoms with Crippen LogP contribution in [-0.2, 0) is 11.3 Å². The number of hydrogen-bond donors (Lipinski definition) is 1. The van der Waals surface area contributed by atoms with E-state index in [9.17, 15) is 4.79 Å². The van der Waals surface area contributed by atoms with Crippen LogP contribution in [0.3, 0.4) is 0 Å². The Hall–Kier alpha value is -2.37. The molecule has 1 atom stereocenters. The molecule has 0 spiro atoms. The van der Waals surface area contributed by atoms with Gasteiger partial charge in [0, 0.05) is 25.2 Å². The molecule has 156 valence electrons. The summed E-state index contributed by atoms with van der Waals surface area (Å²) < 4.78 is 10.6. The van der Waals surface area contributed by atoms with Crippen LogP contribution in [0.1, 0.15) is 47.8 Å². The Balaban J connectivity index is 1.64. The standard InChI is InChI=1S/C24H32N2O3/c1-18(2)16-23(20-8-10-22(28-3)11-9-20)25-24(27)21-6-4-19(5-7-21)17-26-12-14-29-15-13-26/h4-11,18,23H,12-17H2,1-3H3,(H,25,27)/t23-/m1/s1. The molecule has 0 radical (unpaired) electrons. The van der Waals surface area contributed by atoms with Gasteiger partial charge in [-0.2, -0.15) is 0 Å². The van der Waals surface area contributed by atoms with Gasteiger partial charge in [0.15, 0.2) is 0 Å². The monoisotopic (exact) mass is 396 g/mol. The molecule has 29 heavy (non-hydrogen) atoms. The zero-order valence-corrected chi connectivity index (χ0v) is 17.7. The van der Waals surface area contributed by atoms with Gasteiger partial charge in [0.2, 0.25) is 0 Å². The van der Waals surface area contributed by atoms with Crippen LogP contribution in [0, 0.1) is 5.92 Å². The number of methoxy groups -OCH3 is 1. The second-order valence-corrected chi connectivity index (χ2v) is 8.01. The van der Waals surface area contributed by atoms with Crippen LogP contribution in [0.15, 0.2) is 48.5 Å². The normalized spacial score (nSPS) is 15.9. The second kappa shape index (κ2) is 10.4. The van der Waals surface area contributed by atoms with Crippen molar-refractivity contribution in [2.24, 2.45) is 5.92 Å². The first-order valence-electron chi connectivity index (χ1n) is 10.4. The van der Waals surface area contributed by atoms with Gasteiger partial charge in [-0.05, 0) is 47.7 Å². The minimum Gasteiger partial charge on any atom is -0.497 e. The van der Waals surface area contributed by atoms with E-state index in [1.165, 1.54) is 5.56 Å². The number of nitrogens with zero attached hydrogens (tertiary/aromatic N) is 1. The van der Waals surface area contributed by atoms with Crippen molar-refractivity contribution in [1.29, 1.82) is 0 Å². The Bertz CT molecular complexity index is 766. The quantitative estimate of drug-likeness (QED) is 0.732. The van der Waals surface area contributed by atoms with Gasteiger partial charge in [-0.25, -0.2) is 0 Å². The second-order valence-electron chi connectivity index (χ2n) is 8.01. The summed E-state index contributed by atoms with van der Waals surface area (Å²) in [5, 5.41) is 3.21. The lowest BCUT2D eigenvalue weighted by atomic mass is 9.96. The molecule has 1 saturated heterocycles. The number of benzene rings is 2. The number of nitrogens with one attached hydrogen (secondary N) is 1. The van der Waals surface area contributed by atoms with Crippen molar-refractivity contribution >= 4 is 5.91 Å². The molecule has 1 amide bonds. The van der Waals surface area contributed by atoms with Crippen molar-refractivity contribution in [1.82, 2.24) is 10.2 Å². The van der Waals surface area contributed by atoms with Gasteiger partial charge in [-0.1, -0.05) is 38.1 Å². The van der Waals surface area contributed by atoms with E-state index in [1.54, 1.807) is 7.11 Å². The van der Waals surface area contributed by atoms with E-state index in [1.807, 2.05) is 36.4 Å². The smallest absolute Gasteiger partial charge is 0.251 e. The highest BCUT2D eigenvalue weighted by Gasteiger charge is 2.18. The highest BCUT2D eigenvalue weighted by molar-refractivity contribution is 5.94. The molecule has 5 heteroatoms. The minimum atomic E-state index is -0.0376. The van der Waals surface area contributed by atoms with Gasteiger partial charge >= 0.3 is 0 Å². The largest absolute Gasteiger partial charge is 0.497 e. The van der Waals surface area contributed by atoms with E-state index in [-0.39, 0.29) is 11.9 Å². The lowest BCUT2D eigenvalue weighted by molar-refractivity contribution is 0.0342. The number of carbonyl (C=O) groups excluding carboxylic acids is 1. The third-order valence-electron chi connectivity index (χ3n) is 5.26. The lowest BCUT2D eigenvalue weighted by Crippen LogP contribution is -2.35. The fraction of sp³-hybridized carbons (Fsp3) is 0.458. The van der Waals surface area contributed by atoms with E-state index in [4.69, 9.17) is 9.47 Å². The summed E-state index contributed by atoms with van der Waals surface area (Å²) in [5.74, 6) is 1.25. The number of hydrogen-bond acceptors (Lipinski definition) is 4. The van der Waals surface area contributed by atoms with Crippen molar-refractivity contribution in [2.45, 2.75) is 32.9 Å². The van der Waals surface area contributed by atoms with E-state index < -0.39 is 0 Å². The Morgan fingerprint density at radius 2 is 1.72 bits per heavy atom. The molecular weight excluding hydrogens is 364 g/mol. The van der Waals surface area contributed by atoms with E-state index in [0.29, 0.717) is 11.5 Å². The third-order valence-corrected chi connectivity index (χ3v) is 5.26. The highest BCUT2D eigenvalue weighted by atomic mass is 16.5. The maximum absolute atomic E-state index is 12.9. The topological polar surface area (TPSA) is 50.8 Å². The molecule has 0 aromatic heterocycles. The third kappa shape index (κ3) is 6.31. The van der Waals surface area contributed by atoms with Crippen LogP contribution < -0.4 is 10.1 Å². The SMILES string of the molecule is COc1ccc([C@@H](CC(C)C)NC(=O)c2ccc(CN3CCOCC3)cc2)cc1. The van der Waals surface area contributed by atoms with Crippen molar-refractivity contribution in [3.63, 3.8) is 0 Å². The predicted molar refractivity (Wildman–Crippen MR) is 115 cm³/mol. The van der Waals surface area contributed by atoms with Crippen LogP contribution in [0.2, 0.25) is 0 Å². The molecule has 0 unspecified atom stereocenters. The Morgan fingerprint density at radius 3 is 2.31 bits per heavy atom. The first kappa shape index (κ1) is 21.3. The molecule has 1 heterocycles. The van der Waals surface area contributed by atoms with E-state index in [2.05, 4.69) is 36.2 Å². The number of rotatable bonds is 8. The molecule has 0 saturated carbocycles. The first-order valence-corrected chi connectivity index (χ1v) is 10.4. The average Bonchev–Trinajstić information content (AvgIpc) is 2.74. The number of morpholine rings is 1. The van der Waals surface area contributed by atoms with Crippen molar-refractivity contribution < 1.29 is 14.3 Å². The van der Waals surface area contributed by atoms with Crippen LogP contribution in [0.4, 0.5) is 0 Å². The molecule has 5 nitrogen and oxygen atoms in total. The zero-order chi connectivity index (χ0) is 20.6. The highest BCUT2D eigenvalue weighted by Crippen LogP contribution is 2.24. The van der Waals surface area contributed by atoms with Crippen molar-refractivity contribution in [2.75, 3.05) is 33.4 Å². The molecule has 1 aliphatic heterocycles. The number of amides is 1. The molecule has 0 aliphatic carbocycles. The van der Waals surface area contributed by atoms with Gasteiger partial charge in [0.25, 0.3) is 5.91 Å². The van der Waals surface area contributed by atoms with Crippen LogP contribution >= 0.6 is 0 Å². The van der Waals surface area contributed by atoms with Gasteiger partial charge in [0.05, 0.1) is 26.4 Å². The zero-order valence-electron chi connectivity index (χ0n) is 17.7. The summed E-state index contributed by atoms with van der Waals surface area (Å²) in [6, 6.07) is 15.8. The Labute approximate surface area is 174 Å². The lowest BCUT2D eigenvalue weighted by Gasteiger charge is -2.26. The summed E-state index contributed by atoms with van der Waals surface area (Å²) in [7, 11) is 1.66. The average molecular weight is 397 g/mol. The summed E-state index contributed by atoms with van der Waals surface area (Å²) in [6.07, 6.45) is 0.882. The van der Waals surface area contributed by atoms with Crippen LogP contribution in [-0.4, -0.2) is 44.2 Å². The maximum atomic E-state index is 12.9. The molecule has 2 aromatic rings. The van der Waals surface area contributed by atoms with Gasteiger partial charge in [0.1, 0.15) is 5.75 Å². The fourth-order valence-electron chi connectivity index (χ4n) is 3.61. The summed E-state index contributed by atoms with van der Waals surface area (Å²) in [5.41, 5.74) is 3.01. The Kier molecular flexibility index (Phi) is 7.67. The molecule has 0 bridgehead atoms. The molecule has 1 fully saturated rings. The summed E-state index contributed by atoms with van der Waals surface area (Å²) in [4.78, 5) is 15.2. The van der Waals surface area contributed by atoms with Gasteiger partial charge in [-0.15, -0.1) is 0 Å². The summed E-state index contributed by atoms with van der Waals surface area (Å²) in [6.45, 7) is 8.74. The number of ether oxygens (including phenoxy) is 2. The predicted octanol–water partition coefficient (Wildman–Crippen LogP) is 4.04. The first-order chi connectivity index (χ1) is 14.0. The maximum Gasteiger partial charge on any atom is 0.251 e. The Morgan fingerprint density at radius 1 is 1.07 bits per heavy atom. The van der Waals surface area contributed by atoms with Crippen LogP contribution in [0.5, 0.6) is 5.75 Å². The van der Waals surface area contributed by atoms with Crippen molar-refractivity contribution in [3.8, 4) is 5.75 Å². The molecule has 2 aromatic carbocycles.